The highest BCUT2D eigenvalue weighted by Gasteiger charge is 2.19. The molecule has 1 rings (SSSR count). The second-order valence-electron chi connectivity index (χ2n) is 2.92. The largest absolute Gasteiger partial charge is 0.462 e. The van der Waals surface area contributed by atoms with Crippen LogP contribution in [0, 0.1) is 0 Å². The van der Waals surface area contributed by atoms with Crippen molar-refractivity contribution in [2.75, 3.05) is 6.61 Å². The van der Waals surface area contributed by atoms with Gasteiger partial charge in [-0.05, 0) is 19.4 Å². The Morgan fingerprint density at radius 1 is 1.55 bits per heavy atom. The lowest BCUT2D eigenvalue weighted by Crippen LogP contribution is -2.08. The number of hydrogen-bond acceptors (Lipinski definition) is 2. The van der Waals surface area contributed by atoms with Crippen molar-refractivity contribution in [2.45, 2.75) is 38.7 Å². The van der Waals surface area contributed by atoms with Gasteiger partial charge in [-0.3, -0.25) is 0 Å². The fourth-order valence-electron chi connectivity index (χ4n) is 1.20. The van der Waals surface area contributed by atoms with Crippen molar-refractivity contribution in [3.63, 3.8) is 0 Å². The molecule has 1 heterocycles. The second kappa shape index (κ2) is 4.27. The van der Waals surface area contributed by atoms with E-state index in [1.165, 1.54) is 19.3 Å². The summed E-state index contributed by atoms with van der Waals surface area (Å²) in [6, 6.07) is 0. The van der Waals surface area contributed by atoms with Crippen molar-refractivity contribution in [3.8, 4) is 0 Å². The first-order chi connectivity index (χ1) is 5.33. The topological polar surface area (TPSA) is 18.5 Å². The lowest BCUT2D eigenvalue weighted by molar-refractivity contribution is 0.137. The van der Waals surface area contributed by atoms with Gasteiger partial charge in [0.15, 0.2) is 0 Å². The summed E-state index contributed by atoms with van der Waals surface area (Å²) in [5.74, 6) is 0.492. The van der Waals surface area contributed by atoms with Crippen molar-refractivity contribution in [1.82, 2.24) is 0 Å². The van der Waals surface area contributed by atoms with E-state index in [9.17, 15) is 0 Å². The van der Waals surface area contributed by atoms with E-state index in [0.29, 0.717) is 12.6 Å². The van der Waals surface area contributed by atoms with E-state index < -0.39 is 0 Å². The molecule has 0 saturated carbocycles. The van der Waals surface area contributed by atoms with Gasteiger partial charge >= 0.3 is 0 Å². The first-order valence-corrected chi connectivity index (χ1v) is 4.31. The summed E-state index contributed by atoms with van der Waals surface area (Å²) in [7, 11) is 0. The minimum atomic E-state index is 0.272. The summed E-state index contributed by atoms with van der Waals surface area (Å²) < 4.78 is 10.4. The van der Waals surface area contributed by atoms with Gasteiger partial charge in [0.2, 0.25) is 0 Å². The van der Waals surface area contributed by atoms with E-state index in [1.807, 2.05) is 0 Å². The van der Waals surface area contributed by atoms with Gasteiger partial charge in [0.05, 0.1) is 0 Å². The number of unbranched alkanes of at least 4 members (excludes halogenated alkanes) is 2. The highest BCUT2D eigenvalue weighted by atomic mass is 16.7. The monoisotopic (exact) mass is 156 g/mol. The number of hydrogen-bond donors (Lipinski definition) is 0. The standard InChI is InChI=1S/C9H16O2/c1-3-4-5-6-9-7-10-8(2)11-9/h9H,2-7H2,1H3. The van der Waals surface area contributed by atoms with E-state index in [2.05, 4.69) is 13.5 Å². The summed E-state index contributed by atoms with van der Waals surface area (Å²) in [6.07, 6.45) is 5.15. The van der Waals surface area contributed by atoms with Crippen molar-refractivity contribution >= 4 is 0 Å². The van der Waals surface area contributed by atoms with E-state index in [0.717, 1.165) is 6.42 Å². The molecule has 0 spiro atoms. The van der Waals surface area contributed by atoms with Gasteiger partial charge in [-0.2, -0.15) is 0 Å². The molecule has 0 amide bonds. The maximum atomic E-state index is 5.29. The smallest absolute Gasteiger partial charge is 0.272 e. The molecule has 0 N–H and O–H groups in total. The van der Waals surface area contributed by atoms with E-state index in [-0.39, 0.29) is 6.10 Å². The zero-order valence-corrected chi connectivity index (χ0v) is 7.14. The van der Waals surface area contributed by atoms with Crippen molar-refractivity contribution < 1.29 is 9.47 Å². The molecular formula is C9H16O2. The average molecular weight is 156 g/mol. The second-order valence-corrected chi connectivity index (χ2v) is 2.92. The molecule has 0 radical (unpaired) electrons. The minimum Gasteiger partial charge on any atom is -0.462 e. The molecule has 1 fully saturated rings. The molecule has 2 heteroatoms. The third-order valence-corrected chi connectivity index (χ3v) is 1.86. The van der Waals surface area contributed by atoms with Gasteiger partial charge in [-0.25, -0.2) is 0 Å². The third kappa shape index (κ3) is 2.83. The van der Waals surface area contributed by atoms with Crippen molar-refractivity contribution in [2.24, 2.45) is 0 Å². The third-order valence-electron chi connectivity index (χ3n) is 1.86. The molecule has 0 aromatic heterocycles. The van der Waals surface area contributed by atoms with Gasteiger partial charge in [0.1, 0.15) is 12.7 Å². The van der Waals surface area contributed by atoms with Crippen molar-refractivity contribution in [3.05, 3.63) is 12.5 Å². The maximum absolute atomic E-state index is 5.29. The quantitative estimate of drug-likeness (QED) is 0.582. The summed E-state index contributed by atoms with van der Waals surface area (Å²) >= 11 is 0. The van der Waals surface area contributed by atoms with E-state index >= 15 is 0 Å². The zero-order valence-electron chi connectivity index (χ0n) is 7.14. The fourth-order valence-corrected chi connectivity index (χ4v) is 1.20. The molecule has 11 heavy (non-hydrogen) atoms. The Kier molecular flexibility index (Phi) is 3.27. The minimum absolute atomic E-state index is 0.272. The van der Waals surface area contributed by atoms with Crippen LogP contribution in [-0.4, -0.2) is 12.7 Å². The van der Waals surface area contributed by atoms with Crippen LogP contribution >= 0.6 is 0 Å². The van der Waals surface area contributed by atoms with Gasteiger partial charge in [-0.15, -0.1) is 0 Å². The van der Waals surface area contributed by atoms with Gasteiger partial charge in [0.25, 0.3) is 5.95 Å². The van der Waals surface area contributed by atoms with Gasteiger partial charge in [-0.1, -0.05) is 19.8 Å². The SMILES string of the molecule is C=C1OCC(CCCCC)O1. The van der Waals surface area contributed by atoms with Crippen LogP contribution in [0.1, 0.15) is 32.6 Å². The molecule has 0 bridgehead atoms. The van der Waals surface area contributed by atoms with Crippen LogP contribution in [0.2, 0.25) is 0 Å². The van der Waals surface area contributed by atoms with Crippen LogP contribution in [0.15, 0.2) is 12.5 Å². The fraction of sp³-hybridized carbons (Fsp3) is 0.778. The molecule has 0 aromatic rings. The van der Waals surface area contributed by atoms with Crippen LogP contribution in [0.3, 0.4) is 0 Å². The average Bonchev–Trinajstić information content (AvgIpc) is 2.37. The van der Waals surface area contributed by atoms with Crippen molar-refractivity contribution in [1.29, 1.82) is 0 Å². The summed E-state index contributed by atoms with van der Waals surface area (Å²) in [4.78, 5) is 0. The predicted octanol–water partition coefficient (Wildman–Crippen LogP) is 2.45. The summed E-state index contributed by atoms with van der Waals surface area (Å²) in [5.41, 5.74) is 0. The molecule has 1 aliphatic heterocycles. The number of ether oxygens (including phenoxy) is 2. The van der Waals surface area contributed by atoms with Crippen LogP contribution in [0.25, 0.3) is 0 Å². The Morgan fingerprint density at radius 3 is 2.91 bits per heavy atom. The van der Waals surface area contributed by atoms with Crippen LogP contribution in [0.5, 0.6) is 0 Å². The Bertz CT molecular complexity index is 132. The normalized spacial score (nSPS) is 23.0. The molecule has 0 aliphatic carbocycles. The zero-order chi connectivity index (χ0) is 8.10. The Labute approximate surface area is 68.2 Å². The molecule has 1 unspecified atom stereocenters. The highest BCUT2D eigenvalue weighted by molar-refractivity contribution is 4.79. The molecule has 0 aromatic carbocycles. The van der Waals surface area contributed by atoms with Gasteiger partial charge in [0, 0.05) is 0 Å². The lowest BCUT2D eigenvalue weighted by Gasteiger charge is -2.05. The molecule has 64 valence electrons. The Balaban J connectivity index is 2.04. The molecule has 1 atom stereocenters. The van der Waals surface area contributed by atoms with E-state index in [1.54, 1.807) is 0 Å². The predicted molar refractivity (Wildman–Crippen MR) is 44.1 cm³/mol. The lowest BCUT2D eigenvalue weighted by atomic mass is 10.1. The molecule has 1 aliphatic rings. The maximum Gasteiger partial charge on any atom is 0.272 e. The number of rotatable bonds is 4. The summed E-state index contributed by atoms with van der Waals surface area (Å²) in [5, 5.41) is 0. The van der Waals surface area contributed by atoms with Crippen LogP contribution in [-0.2, 0) is 9.47 Å². The Hall–Kier alpha value is -0.660. The first kappa shape index (κ1) is 8.44. The summed E-state index contributed by atoms with van der Waals surface area (Å²) in [6.45, 7) is 6.48. The first-order valence-electron chi connectivity index (χ1n) is 4.31. The molecular weight excluding hydrogens is 140 g/mol. The Morgan fingerprint density at radius 2 is 2.36 bits per heavy atom. The van der Waals surface area contributed by atoms with E-state index in [4.69, 9.17) is 9.47 Å². The van der Waals surface area contributed by atoms with Crippen LogP contribution in [0.4, 0.5) is 0 Å². The van der Waals surface area contributed by atoms with Gasteiger partial charge < -0.3 is 9.47 Å². The van der Waals surface area contributed by atoms with Crippen LogP contribution < -0.4 is 0 Å². The molecule has 1 saturated heterocycles. The molecule has 2 nitrogen and oxygen atoms in total. The highest BCUT2D eigenvalue weighted by Crippen LogP contribution is 2.17.